The summed E-state index contributed by atoms with van der Waals surface area (Å²) in [7, 11) is 1.78. The topological polar surface area (TPSA) is 105 Å². The Balaban J connectivity index is 1.44. The molecule has 0 aromatic heterocycles. The number of urea groups is 1. The van der Waals surface area contributed by atoms with Crippen LogP contribution in [-0.4, -0.2) is 63.5 Å². The molecule has 1 saturated heterocycles. The van der Waals surface area contributed by atoms with Gasteiger partial charge in [-0.3, -0.25) is 10.1 Å². The lowest BCUT2D eigenvalue weighted by atomic mass is 9.96. The van der Waals surface area contributed by atoms with Crippen LogP contribution in [-0.2, 0) is 13.1 Å². The molecule has 3 aliphatic rings. The minimum atomic E-state index is -0.959. The van der Waals surface area contributed by atoms with E-state index < -0.39 is 12.5 Å². The molecule has 0 spiro atoms. The minimum absolute atomic E-state index is 0.0819. The van der Waals surface area contributed by atoms with Gasteiger partial charge in [-0.25, -0.2) is 4.79 Å². The van der Waals surface area contributed by atoms with Crippen molar-refractivity contribution >= 4 is 11.9 Å². The molecular weight excluding hydrogens is 384 g/mol. The molecule has 1 saturated carbocycles. The maximum absolute atomic E-state index is 13.0. The van der Waals surface area contributed by atoms with Gasteiger partial charge in [0.2, 0.25) is 0 Å². The van der Waals surface area contributed by atoms with Gasteiger partial charge < -0.3 is 25.3 Å². The lowest BCUT2D eigenvalue weighted by Crippen LogP contribution is -2.56. The number of rotatable bonds is 4. The third-order valence-corrected chi connectivity index (χ3v) is 6.64. The molecule has 0 radical (unpaired) electrons. The van der Waals surface area contributed by atoms with Crippen LogP contribution in [0.3, 0.4) is 0 Å². The fourth-order valence-corrected chi connectivity index (χ4v) is 4.90. The summed E-state index contributed by atoms with van der Waals surface area (Å²) in [4.78, 5) is 29.0. The van der Waals surface area contributed by atoms with Crippen molar-refractivity contribution in [1.29, 1.82) is 0 Å². The van der Waals surface area contributed by atoms with E-state index in [9.17, 15) is 19.8 Å². The Morgan fingerprint density at radius 1 is 1.20 bits per heavy atom. The maximum atomic E-state index is 13.0. The lowest BCUT2D eigenvalue weighted by molar-refractivity contribution is -0.0477. The highest BCUT2D eigenvalue weighted by atomic mass is 16.3. The third-order valence-electron chi connectivity index (χ3n) is 6.64. The van der Waals surface area contributed by atoms with Gasteiger partial charge in [0, 0.05) is 31.7 Å². The van der Waals surface area contributed by atoms with E-state index in [1.807, 2.05) is 12.1 Å². The second kappa shape index (κ2) is 8.91. The summed E-state index contributed by atoms with van der Waals surface area (Å²) in [5.41, 5.74) is 2.49. The quantitative estimate of drug-likeness (QED) is 0.596. The molecule has 30 heavy (non-hydrogen) atoms. The van der Waals surface area contributed by atoms with Crippen molar-refractivity contribution in [2.24, 2.45) is 0 Å². The summed E-state index contributed by atoms with van der Waals surface area (Å²) in [5, 5.41) is 25.8. The number of hydrogen-bond donors (Lipinski definition) is 4. The van der Waals surface area contributed by atoms with Gasteiger partial charge in [0.25, 0.3) is 5.91 Å². The van der Waals surface area contributed by atoms with Gasteiger partial charge in [-0.2, -0.15) is 0 Å². The molecule has 3 amide bonds. The lowest BCUT2D eigenvalue weighted by Gasteiger charge is -2.37. The van der Waals surface area contributed by atoms with E-state index in [1.165, 1.54) is 6.42 Å². The van der Waals surface area contributed by atoms with Gasteiger partial charge in [-0.05, 0) is 42.9 Å². The number of hydrogen-bond acceptors (Lipinski definition) is 5. The first-order chi connectivity index (χ1) is 14.4. The Labute approximate surface area is 177 Å². The number of nitrogens with zero attached hydrogens (tertiary/aromatic N) is 2. The van der Waals surface area contributed by atoms with Gasteiger partial charge >= 0.3 is 6.03 Å². The Kier molecular flexibility index (Phi) is 6.26. The van der Waals surface area contributed by atoms with Crippen LogP contribution in [0, 0.1) is 0 Å². The molecule has 2 aliphatic heterocycles. The van der Waals surface area contributed by atoms with E-state index in [-0.39, 0.29) is 24.0 Å². The van der Waals surface area contributed by atoms with Crippen LogP contribution in [0.25, 0.3) is 0 Å². The number of nitrogens with one attached hydrogen (secondary N) is 2. The predicted molar refractivity (Wildman–Crippen MR) is 111 cm³/mol. The van der Waals surface area contributed by atoms with Gasteiger partial charge in [-0.1, -0.05) is 31.4 Å². The number of aliphatic hydroxyl groups is 2. The SMILES string of the molecule is CN(Cc1cccc2c1CN(C1CCC(O)NC1O)C2=O)C(=O)NC1CCCCC1. The second-order valence-electron chi connectivity index (χ2n) is 8.79. The van der Waals surface area contributed by atoms with Crippen LogP contribution < -0.4 is 10.6 Å². The molecule has 3 atom stereocenters. The normalized spacial score (nSPS) is 27.1. The van der Waals surface area contributed by atoms with Crippen molar-refractivity contribution in [3.63, 3.8) is 0 Å². The molecule has 8 nitrogen and oxygen atoms in total. The van der Waals surface area contributed by atoms with Crippen molar-refractivity contribution in [2.75, 3.05) is 7.05 Å². The molecule has 1 aromatic carbocycles. The summed E-state index contributed by atoms with van der Waals surface area (Å²) in [6.07, 6.45) is 4.96. The number of carbonyl (C=O) groups excluding carboxylic acids is 2. The summed E-state index contributed by atoms with van der Waals surface area (Å²) in [5.74, 6) is -0.108. The molecule has 1 aromatic rings. The monoisotopic (exact) mass is 416 g/mol. The molecule has 8 heteroatoms. The predicted octanol–water partition coefficient (Wildman–Crippen LogP) is 1.51. The second-order valence-corrected chi connectivity index (χ2v) is 8.79. The first-order valence-electron chi connectivity index (χ1n) is 11.0. The molecule has 4 rings (SSSR count). The summed E-state index contributed by atoms with van der Waals surface area (Å²) >= 11 is 0. The van der Waals surface area contributed by atoms with E-state index in [1.54, 1.807) is 22.9 Å². The number of aliphatic hydroxyl groups excluding tert-OH is 2. The zero-order chi connectivity index (χ0) is 21.3. The van der Waals surface area contributed by atoms with Gasteiger partial charge in [-0.15, -0.1) is 0 Å². The van der Waals surface area contributed by atoms with Gasteiger partial charge in [0.1, 0.15) is 12.5 Å². The van der Waals surface area contributed by atoms with E-state index in [4.69, 9.17) is 0 Å². The summed E-state index contributed by atoms with van der Waals surface area (Å²) in [6.45, 7) is 0.828. The molecule has 3 unspecified atom stereocenters. The zero-order valence-electron chi connectivity index (χ0n) is 17.5. The fraction of sp³-hybridized carbons (Fsp3) is 0.636. The smallest absolute Gasteiger partial charge is 0.317 e. The maximum Gasteiger partial charge on any atom is 0.317 e. The summed E-state index contributed by atoms with van der Waals surface area (Å²) < 4.78 is 0. The van der Waals surface area contributed by atoms with Crippen LogP contribution in [0.5, 0.6) is 0 Å². The fourth-order valence-electron chi connectivity index (χ4n) is 4.90. The van der Waals surface area contributed by atoms with Crippen LogP contribution in [0.4, 0.5) is 4.79 Å². The van der Waals surface area contributed by atoms with Crippen molar-refractivity contribution < 1.29 is 19.8 Å². The largest absolute Gasteiger partial charge is 0.379 e. The van der Waals surface area contributed by atoms with Crippen molar-refractivity contribution in [3.05, 3.63) is 34.9 Å². The van der Waals surface area contributed by atoms with Crippen molar-refractivity contribution in [3.8, 4) is 0 Å². The molecule has 164 valence electrons. The number of fused-ring (bicyclic) bond motifs is 1. The standard InChI is InChI=1S/C22H32N4O4/c1-25(22(30)23-15-7-3-2-4-8-15)12-14-6-5-9-16-17(14)13-26(21(16)29)18-10-11-19(27)24-20(18)28/h5-6,9,15,18-20,24,27-28H,2-4,7-8,10-13H2,1H3,(H,23,30). The van der Waals surface area contributed by atoms with Crippen LogP contribution in [0.15, 0.2) is 18.2 Å². The Bertz CT molecular complexity index is 795. The van der Waals surface area contributed by atoms with Crippen molar-refractivity contribution in [2.45, 2.75) is 82.6 Å². The van der Waals surface area contributed by atoms with E-state index >= 15 is 0 Å². The van der Waals surface area contributed by atoms with E-state index in [0.29, 0.717) is 31.5 Å². The first kappa shape index (κ1) is 21.1. The zero-order valence-corrected chi connectivity index (χ0v) is 17.5. The Hall–Kier alpha value is -2.16. The molecule has 0 bridgehead atoms. The average molecular weight is 417 g/mol. The highest BCUT2D eigenvalue weighted by Crippen LogP contribution is 2.31. The highest BCUT2D eigenvalue weighted by Gasteiger charge is 2.39. The molecular formula is C22H32N4O4. The van der Waals surface area contributed by atoms with Crippen molar-refractivity contribution in [1.82, 2.24) is 20.4 Å². The Morgan fingerprint density at radius 2 is 1.97 bits per heavy atom. The minimum Gasteiger partial charge on any atom is -0.379 e. The summed E-state index contributed by atoms with van der Waals surface area (Å²) in [6, 6.07) is 5.40. The number of carbonyl (C=O) groups is 2. The number of amides is 3. The molecule has 2 heterocycles. The van der Waals surface area contributed by atoms with Crippen LogP contribution in [0.2, 0.25) is 0 Å². The number of piperidine rings is 1. The first-order valence-corrected chi connectivity index (χ1v) is 11.0. The number of benzene rings is 1. The Morgan fingerprint density at radius 3 is 2.70 bits per heavy atom. The van der Waals surface area contributed by atoms with E-state index in [0.717, 1.165) is 36.8 Å². The third kappa shape index (κ3) is 4.31. The molecule has 1 aliphatic carbocycles. The van der Waals surface area contributed by atoms with E-state index in [2.05, 4.69) is 10.6 Å². The van der Waals surface area contributed by atoms with Crippen LogP contribution >= 0.6 is 0 Å². The molecule has 2 fully saturated rings. The average Bonchev–Trinajstić information content (AvgIpc) is 3.06. The van der Waals surface area contributed by atoms with Crippen LogP contribution in [0.1, 0.15) is 66.4 Å². The van der Waals surface area contributed by atoms with Gasteiger partial charge in [0.05, 0.1) is 6.04 Å². The molecule has 4 N–H and O–H groups in total. The highest BCUT2D eigenvalue weighted by molar-refractivity contribution is 5.99. The van der Waals surface area contributed by atoms with Gasteiger partial charge in [0.15, 0.2) is 0 Å².